The summed E-state index contributed by atoms with van der Waals surface area (Å²) in [6.45, 7) is 0.762. The van der Waals surface area contributed by atoms with Gasteiger partial charge in [0.15, 0.2) is 0 Å². The van der Waals surface area contributed by atoms with Crippen LogP contribution in [0.4, 0.5) is 10.3 Å². The van der Waals surface area contributed by atoms with Crippen LogP contribution >= 0.6 is 0 Å². The van der Waals surface area contributed by atoms with Crippen LogP contribution in [0.2, 0.25) is 0 Å². The number of carbonyl (C=O) groups is 1. The van der Waals surface area contributed by atoms with Gasteiger partial charge in [-0.05, 0) is 30.2 Å². The molecule has 0 spiro atoms. The molecule has 144 valence electrons. The Balaban J connectivity index is 1.47. The van der Waals surface area contributed by atoms with Gasteiger partial charge < -0.3 is 15.4 Å². The molecule has 1 amide bonds. The molecule has 6 nitrogen and oxygen atoms in total. The van der Waals surface area contributed by atoms with E-state index in [1.807, 2.05) is 24.3 Å². The van der Waals surface area contributed by atoms with Crippen molar-refractivity contribution in [2.24, 2.45) is 0 Å². The topological polar surface area (TPSA) is 76.1 Å². The lowest BCUT2D eigenvalue weighted by atomic mass is 10.1. The maximum absolute atomic E-state index is 13.6. The Hall–Kier alpha value is -3.48. The average molecular weight is 380 g/mol. The van der Waals surface area contributed by atoms with E-state index in [1.54, 1.807) is 25.3 Å². The molecule has 0 atom stereocenters. The molecule has 2 aromatic carbocycles. The van der Waals surface area contributed by atoms with E-state index in [1.165, 1.54) is 18.5 Å². The smallest absolute Gasteiger partial charge is 0.254 e. The largest absolute Gasteiger partial charge is 0.497 e. The van der Waals surface area contributed by atoms with Crippen LogP contribution in [0.1, 0.15) is 21.5 Å². The van der Waals surface area contributed by atoms with Gasteiger partial charge in [-0.2, -0.15) is 0 Å². The van der Waals surface area contributed by atoms with Crippen molar-refractivity contribution in [3.05, 3.63) is 83.4 Å². The van der Waals surface area contributed by atoms with Gasteiger partial charge in [-0.25, -0.2) is 14.4 Å². The third-order valence-electron chi connectivity index (χ3n) is 4.17. The van der Waals surface area contributed by atoms with E-state index in [2.05, 4.69) is 20.6 Å². The van der Waals surface area contributed by atoms with Gasteiger partial charge in [-0.3, -0.25) is 4.79 Å². The number of rotatable bonds is 8. The molecule has 28 heavy (non-hydrogen) atoms. The summed E-state index contributed by atoms with van der Waals surface area (Å²) in [5.41, 5.74) is 1.91. The molecule has 0 bridgehead atoms. The molecular weight excluding hydrogens is 359 g/mol. The van der Waals surface area contributed by atoms with Gasteiger partial charge in [0.1, 0.15) is 11.6 Å². The van der Waals surface area contributed by atoms with E-state index in [9.17, 15) is 9.18 Å². The van der Waals surface area contributed by atoms with Crippen molar-refractivity contribution in [2.75, 3.05) is 19.0 Å². The zero-order valence-corrected chi connectivity index (χ0v) is 15.5. The lowest BCUT2D eigenvalue weighted by Crippen LogP contribution is -2.23. The van der Waals surface area contributed by atoms with Crippen LogP contribution < -0.4 is 15.4 Å². The summed E-state index contributed by atoms with van der Waals surface area (Å²) in [6, 6.07) is 14.2. The van der Waals surface area contributed by atoms with Gasteiger partial charge >= 0.3 is 0 Å². The molecule has 3 aromatic rings. The van der Waals surface area contributed by atoms with E-state index >= 15 is 0 Å². The number of hydrogen-bond donors (Lipinski definition) is 2. The fourth-order valence-corrected chi connectivity index (χ4v) is 2.57. The SMILES string of the molecule is COc1ccc(CCNc2ncc(C(=O)NCc3ccccc3F)cn2)cc1. The van der Waals surface area contributed by atoms with Gasteiger partial charge in [-0.1, -0.05) is 30.3 Å². The van der Waals surface area contributed by atoms with Crippen molar-refractivity contribution in [1.29, 1.82) is 0 Å². The highest BCUT2D eigenvalue weighted by molar-refractivity contribution is 5.93. The molecular formula is C21H21FN4O2. The zero-order chi connectivity index (χ0) is 19.8. The van der Waals surface area contributed by atoms with Gasteiger partial charge in [0.25, 0.3) is 5.91 Å². The van der Waals surface area contributed by atoms with E-state index < -0.39 is 0 Å². The summed E-state index contributed by atoms with van der Waals surface area (Å²) >= 11 is 0. The van der Waals surface area contributed by atoms with E-state index in [4.69, 9.17) is 4.74 Å². The van der Waals surface area contributed by atoms with Crippen LogP contribution in [-0.4, -0.2) is 29.5 Å². The van der Waals surface area contributed by atoms with Crippen LogP contribution in [-0.2, 0) is 13.0 Å². The molecule has 1 heterocycles. The first-order valence-corrected chi connectivity index (χ1v) is 8.86. The molecule has 3 rings (SSSR count). The molecule has 0 aliphatic heterocycles. The lowest BCUT2D eigenvalue weighted by Gasteiger charge is -2.08. The van der Waals surface area contributed by atoms with Crippen molar-refractivity contribution in [3.63, 3.8) is 0 Å². The average Bonchev–Trinajstić information content (AvgIpc) is 2.74. The number of aromatic nitrogens is 2. The van der Waals surface area contributed by atoms with Crippen LogP contribution in [0.3, 0.4) is 0 Å². The van der Waals surface area contributed by atoms with Crippen LogP contribution in [0, 0.1) is 5.82 Å². The molecule has 2 N–H and O–H groups in total. The zero-order valence-electron chi connectivity index (χ0n) is 15.5. The van der Waals surface area contributed by atoms with Crippen LogP contribution in [0.25, 0.3) is 0 Å². The van der Waals surface area contributed by atoms with Crippen molar-refractivity contribution in [3.8, 4) is 5.75 Å². The van der Waals surface area contributed by atoms with Crippen LogP contribution in [0.15, 0.2) is 60.9 Å². The van der Waals surface area contributed by atoms with Crippen molar-refractivity contribution >= 4 is 11.9 Å². The van der Waals surface area contributed by atoms with Crippen molar-refractivity contribution < 1.29 is 13.9 Å². The highest BCUT2D eigenvalue weighted by Gasteiger charge is 2.08. The second-order valence-corrected chi connectivity index (χ2v) is 6.09. The standard InChI is InChI=1S/C21H21FN4O2/c1-28-18-8-6-15(7-9-18)10-11-23-21-25-13-17(14-26-21)20(27)24-12-16-4-2-3-5-19(16)22/h2-9,13-14H,10-12H2,1H3,(H,24,27)(H,23,25,26). The number of methoxy groups -OCH3 is 1. The van der Waals surface area contributed by atoms with Gasteiger partial charge in [0.2, 0.25) is 5.95 Å². The summed E-state index contributed by atoms with van der Waals surface area (Å²) in [6.07, 6.45) is 3.69. The Labute approximate surface area is 162 Å². The summed E-state index contributed by atoms with van der Waals surface area (Å²) in [7, 11) is 1.64. The van der Waals surface area contributed by atoms with E-state index in [-0.39, 0.29) is 18.3 Å². The van der Waals surface area contributed by atoms with Crippen molar-refractivity contribution in [2.45, 2.75) is 13.0 Å². The Morgan fingerprint density at radius 3 is 2.46 bits per heavy atom. The minimum atomic E-state index is -0.354. The first-order chi connectivity index (χ1) is 13.7. The monoisotopic (exact) mass is 380 g/mol. The minimum Gasteiger partial charge on any atom is -0.497 e. The van der Waals surface area contributed by atoms with Gasteiger partial charge in [-0.15, -0.1) is 0 Å². The highest BCUT2D eigenvalue weighted by atomic mass is 19.1. The summed E-state index contributed by atoms with van der Waals surface area (Å²) < 4.78 is 18.7. The number of amides is 1. The summed E-state index contributed by atoms with van der Waals surface area (Å²) in [5.74, 6) is 0.562. The Morgan fingerprint density at radius 1 is 1.07 bits per heavy atom. The Morgan fingerprint density at radius 2 is 1.79 bits per heavy atom. The Bertz CT molecular complexity index is 914. The van der Waals surface area contributed by atoms with Gasteiger partial charge in [0.05, 0.1) is 12.7 Å². The maximum Gasteiger partial charge on any atom is 0.254 e. The van der Waals surface area contributed by atoms with Crippen molar-refractivity contribution in [1.82, 2.24) is 15.3 Å². The first-order valence-electron chi connectivity index (χ1n) is 8.86. The molecule has 0 aliphatic carbocycles. The molecule has 0 saturated heterocycles. The quantitative estimate of drug-likeness (QED) is 0.628. The Kier molecular flexibility index (Phi) is 6.51. The third-order valence-corrected chi connectivity index (χ3v) is 4.17. The predicted molar refractivity (Wildman–Crippen MR) is 105 cm³/mol. The normalized spacial score (nSPS) is 10.4. The second kappa shape index (κ2) is 9.45. The maximum atomic E-state index is 13.6. The van der Waals surface area contributed by atoms with Gasteiger partial charge in [0, 0.05) is 31.0 Å². The lowest BCUT2D eigenvalue weighted by molar-refractivity contribution is 0.0950. The number of halogens is 1. The number of nitrogens with zero attached hydrogens (tertiary/aromatic N) is 2. The number of nitrogens with one attached hydrogen (secondary N) is 2. The second-order valence-electron chi connectivity index (χ2n) is 6.09. The summed E-state index contributed by atoms with van der Waals surface area (Å²) in [4.78, 5) is 20.5. The van der Waals surface area contributed by atoms with E-state index in [0.717, 1.165) is 17.7 Å². The molecule has 0 radical (unpaired) electrons. The molecule has 0 fully saturated rings. The summed E-state index contributed by atoms with van der Waals surface area (Å²) in [5, 5.41) is 5.78. The minimum absolute atomic E-state index is 0.105. The van der Waals surface area contributed by atoms with E-state index in [0.29, 0.717) is 23.6 Å². The number of carbonyl (C=O) groups excluding carboxylic acids is 1. The third kappa shape index (κ3) is 5.26. The number of hydrogen-bond acceptors (Lipinski definition) is 5. The highest BCUT2D eigenvalue weighted by Crippen LogP contribution is 2.12. The molecule has 7 heteroatoms. The first kappa shape index (κ1) is 19.3. The molecule has 0 saturated carbocycles. The molecule has 0 aliphatic rings. The number of benzene rings is 2. The fourth-order valence-electron chi connectivity index (χ4n) is 2.57. The number of ether oxygens (including phenoxy) is 1. The number of anilines is 1. The predicted octanol–water partition coefficient (Wildman–Crippen LogP) is 3.21. The van der Waals surface area contributed by atoms with Crippen LogP contribution in [0.5, 0.6) is 5.75 Å². The fraction of sp³-hybridized carbons (Fsp3) is 0.190. The molecule has 1 aromatic heterocycles. The molecule has 0 unspecified atom stereocenters.